The van der Waals surface area contributed by atoms with Gasteiger partial charge in [-0.25, -0.2) is 4.68 Å². The Morgan fingerprint density at radius 3 is 2.86 bits per heavy atom. The molecule has 0 aliphatic carbocycles. The second-order valence-corrected chi connectivity index (χ2v) is 5.76. The molecular formula is C18H21N3O. The molecule has 0 spiro atoms. The predicted octanol–water partition coefficient (Wildman–Crippen LogP) is 3.29. The van der Waals surface area contributed by atoms with Gasteiger partial charge in [-0.05, 0) is 44.4 Å². The van der Waals surface area contributed by atoms with Crippen LogP contribution in [-0.2, 0) is 4.79 Å². The van der Waals surface area contributed by atoms with Gasteiger partial charge in [-0.1, -0.05) is 18.2 Å². The van der Waals surface area contributed by atoms with E-state index in [2.05, 4.69) is 12.0 Å². The molecule has 1 aromatic carbocycles. The van der Waals surface area contributed by atoms with Crippen molar-refractivity contribution in [2.24, 2.45) is 0 Å². The summed E-state index contributed by atoms with van der Waals surface area (Å²) in [5.41, 5.74) is 1.94. The van der Waals surface area contributed by atoms with Crippen LogP contribution in [0.1, 0.15) is 31.7 Å². The standard InChI is InChI=1S/C18H21N3O/c1-15-7-5-6-12-20(15)18(22)11-10-16-13-19-21(14-16)17-8-3-2-4-9-17/h2-4,8-11,13-15H,5-7,12H2,1H3. The maximum atomic E-state index is 12.3. The number of hydrogen-bond donors (Lipinski definition) is 0. The van der Waals surface area contributed by atoms with E-state index in [0.29, 0.717) is 6.04 Å². The molecule has 0 radical (unpaired) electrons. The number of hydrogen-bond acceptors (Lipinski definition) is 2. The Morgan fingerprint density at radius 2 is 2.09 bits per heavy atom. The van der Waals surface area contributed by atoms with E-state index < -0.39 is 0 Å². The molecule has 0 bridgehead atoms. The summed E-state index contributed by atoms with van der Waals surface area (Å²) in [6.45, 7) is 2.99. The Morgan fingerprint density at radius 1 is 1.27 bits per heavy atom. The van der Waals surface area contributed by atoms with Gasteiger partial charge in [0.25, 0.3) is 0 Å². The summed E-state index contributed by atoms with van der Waals surface area (Å²) in [6, 6.07) is 10.3. The van der Waals surface area contributed by atoms with Crippen LogP contribution in [0.25, 0.3) is 11.8 Å². The summed E-state index contributed by atoms with van der Waals surface area (Å²) in [5.74, 6) is 0.0969. The number of likely N-dealkylation sites (tertiary alicyclic amines) is 1. The van der Waals surface area contributed by atoms with E-state index in [1.807, 2.05) is 52.2 Å². The highest BCUT2D eigenvalue weighted by molar-refractivity contribution is 5.92. The Hall–Kier alpha value is -2.36. The fraction of sp³-hybridized carbons (Fsp3) is 0.333. The quantitative estimate of drug-likeness (QED) is 0.815. The van der Waals surface area contributed by atoms with E-state index in [0.717, 1.165) is 30.6 Å². The summed E-state index contributed by atoms with van der Waals surface area (Å²) in [6.07, 6.45) is 10.6. The summed E-state index contributed by atoms with van der Waals surface area (Å²) < 4.78 is 1.81. The number of carbonyl (C=O) groups excluding carboxylic acids is 1. The van der Waals surface area contributed by atoms with Gasteiger partial charge in [0.2, 0.25) is 5.91 Å². The largest absolute Gasteiger partial charge is 0.336 e. The molecule has 22 heavy (non-hydrogen) atoms. The maximum Gasteiger partial charge on any atom is 0.246 e. The van der Waals surface area contributed by atoms with Crippen molar-refractivity contribution in [3.05, 3.63) is 54.4 Å². The third kappa shape index (κ3) is 3.27. The molecule has 2 heterocycles. The molecule has 1 atom stereocenters. The maximum absolute atomic E-state index is 12.3. The van der Waals surface area contributed by atoms with Crippen LogP contribution < -0.4 is 0 Å². The average molecular weight is 295 g/mol. The van der Waals surface area contributed by atoms with E-state index >= 15 is 0 Å². The first-order valence-corrected chi connectivity index (χ1v) is 7.83. The van der Waals surface area contributed by atoms with Crippen LogP contribution in [-0.4, -0.2) is 33.2 Å². The second-order valence-electron chi connectivity index (χ2n) is 5.76. The fourth-order valence-corrected chi connectivity index (χ4v) is 2.83. The van der Waals surface area contributed by atoms with Crippen molar-refractivity contribution < 1.29 is 4.79 Å². The van der Waals surface area contributed by atoms with Gasteiger partial charge >= 0.3 is 0 Å². The van der Waals surface area contributed by atoms with Crippen molar-refractivity contribution in [1.82, 2.24) is 14.7 Å². The number of amides is 1. The van der Waals surface area contributed by atoms with E-state index in [1.165, 1.54) is 6.42 Å². The normalized spacial score (nSPS) is 18.8. The van der Waals surface area contributed by atoms with E-state index in [1.54, 1.807) is 12.3 Å². The zero-order valence-electron chi connectivity index (χ0n) is 12.9. The minimum absolute atomic E-state index is 0.0969. The SMILES string of the molecule is CC1CCCCN1C(=O)C=Cc1cnn(-c2ccccc2)c1. The fourth-order valence-electron chi connectivity index (χ4n) is 2.83. The molecule has 1 amide bonds. The van der Waals surface area contributed by atoms with Crippen molar-refractivity contribution in [3.63, 3.8) is 0 Å². The molecule has 1 saturated heterocycles. The molecule has 114 valence electrons. The Bertz CT molecular complexity index is 660. The molecule has 1 aliphatic rings. The topological polar surface area (TPSA) is 38.1 Å². The smallest absolute Gasteiger partial charge is 0.246 e. The predicted molar refractivity (Wildman–Crippen MR) is 87.6 cm³/mol. The Balaban J connectivity index is 1.68. The van der Waals surface area contributed by atoms with Gasteiger partial charge < -0.3 is 4.90 Å². The lowest BCUT2D eigenvalue weighted by Gasteiger charge is -2.32. The van der Waals surface area contributed by atoms with E-state index in [4.69, 9.17) is 0 Å². The van der Waals surface area contributed by atoms with Gasteiger partial charge in [0.15, 0.2) is 0 Å². The molecule has 4 heteroatoms. The average Bonchev–Trinajstić information content (AvgIpc) is 3.03. The molecule has 1 aromatic heterocycles. The minimum atomic E-state index is 0.0969. The molecule has 1 unspecified atom stereocenters. The second kappa shape index (κ2) is 6.60. The highest BCUT2D eigenvalue weighted by atomic mass is 16.2. The lowest BCUT2D eigenvalue weighted by molar-refractivity contribution is -0.129. The lowest BCUT2D eigenvalue weighted by atomic mass is 10.0. The highest BCUT2D eigenvalue weighted by Crippen LogP contribution is 2.17. The number of nitrogens with zero attached hydrogens (tertiary/aromatic N) is 3. The summed E-state index contributed by atoms with van der Waals surface area (Å²) in [5, 5.41) is 4.33. The van der Waals surface area contributed by atoms with Crippen LogP contribution in [0, 0.1) is 0 Å². The van der Waals surface area contributed by atoms with Crippen LogP contribution in [0.5, 0.6) is 0 Å². The van der Waals surface area contributed by atoms with Gasteiger partial charge in [0, 0.05) is 30.4 Å². The van der Waals surface area contributed by atoms with Crippen molar-refractivity contribution >= 4 is 12.0 Å². The van der Waals surface area contributed by atoms with Crippen LogP contribution in [0.4, 0.5) is 0 Å². The summed E-state index contributed by atoms with van der Waals surface area (Å²) in [7, 11) is 0. The van der Waals surface area contributed by atoms with E-state index in [9.17, 15) is 4.79 Å². The summed E-state index contributed by atoms with van der Waals surface area (Å²) in [4.78, 5) is 14.2. The van der Waals surface area contributed by atoms with Crippen LogP contribution >= 0.6 is 0 Å². The number of benzene rings is 1. The lowest BCUT2D eigenvalue weighted by Crippen LogP contribution is -2.41. The third-order valence-corrected chi connectivity index (χ3v) is 4.13. The molecule has 0 saturated carbocycles. The number of piperidine rings is 1. The first-order chi connectivity index (χ1) is 10.7. The first kappa shape index (κ1) is 14.6. The third-order valence-electron chi connectivity index (χ3n) is 4.13. The zero-order chi connectivity index (χ0) is 15.4. The molecule has 3 rings (SSSR count). The van der Waals surface area contributed by atoms with Gasteiger partial charge in [-0.15, -0.1) is 0 Å². The van der Waals surface area contributed by atoms with Crippen molar-refractivity contribution in [1.29, 1.82) is 0 Å². The van der Waals surface area contributed by atoms with Gasteiger partial charge in [0.05, 0.1) is 11.9 Å². The first-order valence-electron chi connectivity index (χ1n) is 7.83. The highest BCUT2D eigenvalue weighted by Gasteiger charge is 2.21. The number of aromatic nitrogens is 2. The number of rotatable bonds is 3. The Labute approximate surface area is 131 Å². The molecule has 0 N–H and O–H groups in total. The molecule has 1 aliphatic heterocycles. The zero-order valence-corrected chi connectivity index (χ0v) is 12.9. The number of carbonyl (C=O) groups is 1. The van der Waals surface area contributed by atoms with Crippen molar-refractivity contribution in [2.75, 3.05) is 6.54 Å². The molecular weight excluding hydrogens is 274 g/mol. The van der Waals surface area contributed by atoms with Crippen LogP contribution in [0.15, 0.2) is 48.8 Å². The number of para-hydroxylation sites is 1. The van der Waals surface area contributed by atoms with Crippen molar-refractivity contribution in [2.45, 2.75) is 32.2 Å². The molecule has 4 nitrogen and oxygen atoms in total. The van der Waals surface area contributed by atoms with Gasteiger partial charge in [-0.3, -0.25) is 4.79 Å². The summed E-state index contributed by atoms with van der Waals surface area (Å²) >= 11 is 0. The Kier molecular flexibility index (Phi) is 4.37. The van der Waals surface area contributed by atoms with E-state index in [-0.39, 0.29) is 5.91 Å². The molecule has 2 aromatic rings. The monoisotopic (exact) mass is 295 g/mol. The van der Waals surface area contributed by atoms with Gasteiger partial charge in [-0.2, -0.15) is 5.10 Å². The minimum Gasteiger partial charge on any atom is -0.336 e. The molecule has 1 fully saturated rings. The van der Waals surface area contributed by atoms with Crippen molar-refractivity contribution in [3.8, 4) is 5.69 Å². The van der Waals surface area contributed by atoms with Crippen LogP contribution in [0.2, 0.25) is 0 Å². The van der Waals surface area contributed by atoms with Gasteiger partial charge in [0.1, 0.15) is 0 Å². The van der Waals surface area contributed by atoms with Crippen LogP contribution in [0.3, 0.4) is 0 Å².